The van der Waals surface area contributed by atoms with E-state index in [9.17, 15) is 19.2 Å². The molecule has 0 unspecified atom stereocenters. The standard InChI is InChI=1S/C19H18N2O5/c1-4-26-19(25)16-11(3)20-10(2)15(16)14(22)9-21-17(23)12-7-5-6-8-13(12)18(21)24/h5-8,20H,4,9H2,1-3H3. The SMILES string of the molecule is CCOC(=O)c1c(C)[nH]c(C)c1C(=O)CN1C(=O)c2ccccc2C1=O. The van der Waals surface area contributed by atoms with Crippen LogP contribution >= 0.6 is 0 Å². The molecule has 0 fully saturated rings. The van der Waals surface area contributed by atoms with Crippen LogP contribution in [-0.4, -0.2) is 46.6 Å². The molecule has 2 amide bonds. The second kappa shape index (κ2) is 6.59. The molecule has 1 aromatic heterocycles. The molecular formula is C19H18N2O5. The molecule has 134 valence electrons. The number of aryl methyl sites for hydroxylation is 2. The molecule has 0 saturated heterocycles. The first-order valence-electron chi connectivity index (χ1n) is 8.21. The van der Waals surface area contributed by atoms with E-state index in [-0.39, 0.29) is 28.9 Å². The maximum absolute atomic E-state index is 12.8. The molecule has 1 aliphatic rings. The maximum atomic E-state index is 12.8. The summed E-state index contributed by atoms with van der Waals surface area (Å²) in [6.07, 6.45) is 0. The summed E-state index contributed by atoms with van der Waals surface area (Å²) in [5, 5.41) is 0. The first-order valence-corrected chi connectivity index (χ1v) is 8.21. The number of carbonyl (C=O) groups is 4. The molecule has 3 rings (SSSR count). The molecule has 0 bridgehead atoms. The third-order valence-corrected chi connectivity index (χ3v) is 4.31. The number of aromatic amines is 1. The Labute approximate surface area is 149 Å². The van der Waals surface area contributed by atoms with E-state index in [4.69, 9.17) is 4.74 Å². The molecule has 26 heavy (non-hydrogen) atoms. The molecule has 0 saturated carbocycles. The third kappa shape index (κ3) is 2.71. The van der Waals surface area contributed by atoms with Crippen LogP contribution in [0.4, 0.5) is 0 Å². The largest absolute Gasteiger partial charge is 0.462 e. The second-order valence-corrected chi connectivity index (χ2v) is 6.01. The van der Waals surface area contributed by atoms with Crippen LogP contribution in [0, 0.1) is 13.8 Å². The highest BCUT2D eigenvalue weighted by atomic mass is 16.5. The molecule has 1 aliphatic heterocycles. The summed E-state index contributed by atoms with van der Waals surface area (Å²) in [5.41, 5.74) is 1.85. The number of amides is 2. The van der Waals surface area contributed by atoms with Gasteiger partial charge in [-0.15, -0.1) is 0 Å². The van der Waals surface area contributed by atoms with Crippen molar-refractivity contribution in [3.05, 3.63) is 57.9 Å². The number of fused-ring (bicyclic) bond motifs is 1. The number of carbonyl (C=O) groups excluding carboxylic acids is 4. The zero-order valence-corrected chi connectivity index (χ0v) is 14.7. The zero-order valence-electron chi connectivity index (χ0n) is 14.7. The number of esters is 1. The van der Waals surface area contributed by atoms with E-state index in [0.29, 0.717) is 11.4 Å². The van der Waals surface area contributed by atoms with Gasteiger partial charge in [0.1, 0.15) is 0 Å². The summed E-state index contributed by atoms with van der Waals surface area (Å²) >= 11 is 0. The first-order chi connectivity index (χ1) is 12.4. The van der Waals surface area contributed by atoms with Crippen molar-refractivity contribution in [1.82, 2.24) is 9.88 Å². The lowest BCUT2D eigenvalue weighted by Crippen LogP contribution is -2.35. The summed E-state index contributed by atoms with van der Waals surface area (Å²) < 4.78 is 5.02. The molecule has 0 spiro atoms. The third-order valence-electron chi connectivity index (χ3n) is 4.31. The van der Waals surface area contributed by atoms with Crippen LogP contribution in [0.25, 0.3) is 0 Å². The molecule has 0 aliphatic carbocycles. The van der Waals surface area contributed by atoms with Crippen LogP contribution in [0.1, 0.15) is 59.7 Å². The van der Waals surface area contributed by atoms with E-state index in [1.807, 2.05) is 0 Å². The van der Waals surface area contributed by atoms with Crippen LogP contribution in [0.5, 0.6) is 0 Å². The summed E-state index contributed by atoms with van der Waals surface area (Å²) in [7, 11) is 0. The fourth-order valence-corrected chi connectivity index (χ4v) is 3.19. The number of ketones is 1. The van der Waals surface area contributed by atoms with Gasteiger partial charge in [-0.3, -0.25) is 19.3 Å². The van der Waals surface area contributed by atoms with Crippen molar-refractivity contribution in [2.75, 3.05) is 13.2 Å². The van der Waals surface area contributed by atoms with Gasteiger partial charge in [0.2, 0.25) is 0 Å². The highest BCUT2D eigenvalue weighted by Crippen LogP contribution is 2.25. The number of imide groups is 1. The van der Waals surface area contributed by atoms with Crippen molar-refractivity contribution in [3.63, 3.8) is 0 Å². The minimum absolute atomic E-state index is 0.144. The Hall–Kier alpha value is -3.22. The predicted octanol–water partition coefficient (Wildman–Crippen LogP) is 2.29. The minimum Gasteiger partial charge on any atom is -0.462 e. The number of rotatable bonds is 5. The van der Waals surface area contributed by atoms with E-state index >= 15 is 0 Å². The van der Waals surface area contributed by atoms with Gasteiger partial charge in [-0.1, -0.05) is 12.1 Å². The fraction of sp³-hybridized carbons (Fsp3) is 0.263. The maximum Gasteiger partial charge on any atom is 0.340 e. The Kier molecular flexibility index (Phi) is 4.46. The fourth-order valence-electron chi connectivity index (χ4n) is 3.19. The van der Waals surface area contributed by atoms with Crippen LogP contribution < -0.4 is 0 Å². The van der Waals surface area contributed by atoms with Gasteiger partial charge >= 0.3 is 5.97 Å². The Bertz CT molecular complexity index is 906. The number of ether oxygens (including phenoxy) is 1. The number of nitrogens with zero attached hydrogens (tertiary/aromatic N) is 1. The Morgan fingerprint density at radius 3 is 2.08 bits per heavy atom. The lowest BCUT2D eigenvalue weighted by molar-refractivity contribution is 0.0522. The summed E-state index contributed by atoms with van der Waals surface area (Å²) in [6, 6.07) is 6.42. The smallest absolute Gasteiger partial charge is 0.340 e. The zero-order chi connectivity index (χ0) is 19.0. The number of hydrogen-bond donors (Lipinski definition) is 1. The normalized spacial score (nSPS) is 13.1. The van der Waals surface area contributed by atoms with E-state index in [1.165, 1.54) is 0 Å². The van der Waals surface area contributed by atoms with Gasteiger partial charge in [-0.25, -0.2) is 4.79 Å². The van der Waals surface area contributed by atoms with E-state index < -0.39 is 30.1 Å². The Morgan fingerprint density at radius 1 is 1.00 bits per heavy atom. The molecule has 0 radical (unpaired) electrons. The topological polar surface area (TPSA) is 96.5 Å². The number of Topliss-reactive ketones (excluding diaryl/α,β-unsaturated/α-hetero) is 1. The van der Waals surface area contributed by atoms with Gasteiger partial charge in [0.25, 0.3) is 11.8 Å². The molecular weight excluding hydrogens is 336 g/mol. The van der Waals surface area contributed by atoms with Crippen LogP contribution in [0.15, 0.2) is 24.3 Å². The van der Waals surface area contributed by atoms with Gasteiger partial charge in [0.15, 0.2) is 5.78 Å². The molecule has 7 nitrogen and oxygen atoms in total. The Balaban J connectivity index is 1.92. The summed E-state index contributed by atoms with van der Waals surface area (Å²) in [4.78, 5) is 53.8. The molecule has 1 aromatic carbocycles. The van der Waals surface area contributed by atoms with Gasteiger partial charge in [0, 0.05) is 11.4 Å². The molecule has 1 N–H and O–H groups in total. The quantitative estimate of drug-likeness (QED) is 0.505. The van der Waals surface area contributed by atoms with Crippen molar-refractivity contribution < 1.29 is 23.9 Å². The van der Waals surface area contributed by atoms with Gasteiger partial charge in [-0.05, 0) is 32.9 Å². The van der Waals surface area contributed by atoms with Crippen molar-refractivity contribution >= 4 is 23.6 Å². The van der Waals surface area contributed by atoms with Crippen LogP contribution in [0.3, 0.4) is 0 Å². The molecule has 2 aromatic rings. The van der Waals surface area contributed by atoms with Gasteiger partial charge in [0.05, 0.1) is 35.4 Å². The predicted molar refractivity (Wildman–Crippen MR) is 92.4 cm³/mol. The molecule has 0 atom stereocenters. The van der Waals surface area contributed by atoms with Crippen molar-refractivity contribution in [3.8, 4) is 0 Å². The lowest BCUT2D eigenvalue weighted by atomic mass is 10.0. The average Bonchev–Trinajstić information content (AvgIpc) is 3.04. The number of nitrogens with one attached hydrogen (secondary N) is 1. The van der Waals surface area contributed by atoms with Gasteiger partial charge in [-0.2, -0.15) is 0 Å². The lowest BCUT2D eigenvalue weighted by Gasteiger charge is -2.13. The highest BCUT2D eigenvalue weighted by Gasteiger charge is 2.37. The monoisotopic (exact) mass is 354 g/mol. The molecule has 2 heterocycles. The van der Waals surface area contributed by atoms with E-state index in [0.717, 1.165) is 4.90 Å². The molecule has 7 heteroatoms. The summed E-state index contributed by atoms with van der Waals surface area (Å²) in [5.74, 6) is -2.13. The Morgan fingerprint density at radius 2 is 1.54 bits per heavy atom. The van der Waals surface area contributed by atoms with Crippen molar-refractivity contribution in [1.29, 1.82) is 0 Å². The average molecular weight is 354 g/mol. The second-order valence-electron chi connectivity index (χ2n) is 6.01. The van der Waals surface area contributed by atoms with E-state index in [2.05, 4.69) is 4.98 Å². The minimum atomic E-state index is -0.611. The summed E-state index contributed by atoms with van der Waals surface area (Å²) in [6.45, 7) is 4.74. The van der Waals surface area contributed by atoms with Crippen LogP contribution in [0.2, 0.25) is 0 Å². The van der Waals surface area contributed by atoms with Crippen molar-refractivity contribution in [2.45, 2.75) is 20.8 Å². The van der Waals surface area contributed by atoms with Crippen LogP contribution in [-0.2, 0) is 4.74 Å². The number of benzene rings is 1. The van der Waals surface area contributed by atoms with Gasteiger partial charge < -0.3 is 9.72 Å². The van der Waals surface area contributed by atoms with E-state index in [1.54, 1.807) is 45.0 Å². The number of aromatic nitrogens is 1. The first kappa shape index (κ1) is 17.6. The highest BCUT2D eigenvalue weighted by molar-refractivity contribution is 6.23. The number of hydrogen-bond acceptors (Lipinski definition) is 5. The number of H-pyrrole nitrogens is 1. The van der Waals surface area contributed by atoms with Crippen molar-refractivity contribution in [2.24, 2.45) is 0 Å².